The molecule has 1 aliphatic heterocycles. The maximum absolute atomic E-state index is 12.7. The predicted octanol–water partition coefficient (Wildman–Crippen LogP) is 2.68. The van der Waals surface area contributed by atoms with Gasteiger partial charge < -0.3 is 15.4 Å². The summed E-state index contributed by atoms with van der Waals surface area (Å²) in [5.41, 5.74) is 4.63. The Kier molecular flexibility index (Phi) is 4.29. The maximum Gasteiger partial charge on any atom is 0.416 e. The Labute approximate surface area is 120 Å². The molecule has 2 rings (SSSR count). The summed E-state index contributed by atoms with van der Waals surface area (Å²) in [6.45, 7) is 2.30. The van der Waals surface area contributed by atoms with E-state index in [1.165, 1.54) is 13.0 Å². The van der Waals surface area contributed by atoms with Gasteiger partial charge in [-0.25, -0.2) is 0 Å². The van der Waals surface area contributed by atoms with Crippen LogP contribution in [-0.4, -0.2) is 30.0 Å². The molecule has 1 heterocycles. The number of halogens is 3. The number of nitrogens with zero attached hydrogens (tertiary/aromatic N) is 1. The molecule has 0 aliphatic carbocycles. The predicted molar refractivity (Wildman–Crippen MR) is 71.8 cm³/mol. The van der Waals surface area contributed by atoms with Gasteiger partial charge in [-0.3, -0.25) is 4.79 Å². The number of ether oxygens (including phenoxy) is 1. The second-order valence-electron chi connectivity index (χ2n) is 5.11. The first-order chi connectivity index (χ1) is 9.77. The van der Waals surface area contributed by atoms with E-state index < -0.39 is 11.7 Å². The Morgan fingerprint density at radius 3 is 2.76 bits per heavy atom. The van der Waals surface area contributed by atoms with E-state index in [1.54, 1.807) is 4.90 Å². The van der Waals surface area contributed by atoms with Crippen molar-refractivity contribution in [3.05, 3.63) is 23.8 Å². The van der Waals surface area contributed by atoms with Crippen LogP contribution in [0.4, 0.5) is 18.9 Å². The molecule has 1 atom stereocenters. The van der Waals surface area contributed by atoms with Crippen molar-refractivity contribution in [1.29, 1.82) is 0 Å². The van der Waals surface area contributed by atoms with Crippen LogP contribution in [0.1, 0.15) is 25.3 Å². The molecule has 0 spiro atoms. The van der Waals surface area contributed by atoms with Gasteiger partial charge in [0.2, 0.25) is 5.91 Å². The lowest BCUT2D eigenvalue weighted by atomic mass is 10.2. The number of carbonyl (C=O) groups excluding carboxylic acids is 1. The van der Waals surface area contributed by atoms with Crippen LogP contribution in [0.3, 0.4) is 0 Å². The van der Waals surface area contributed by atoms with Crippen molar-refractivity contribution < 1.29 is 22.7 Å². The highest BCUT2D eigenvalue weighted by molar-refractivity contribution is 5.73. The standard InChI is InChI=1S/C14H17F3N2O2/c1-9(20)19-4-2-3-12(19)8-21-13-6-10(14(15,16)17)5-11(18)7-13/h5-7,12H,2-4,8,18H2,1H3. The largest absolute Gasteiger partial charge is 0.491 e. The fourth-order valence-corrected chi connectivity index (χ4v) is 2.49. The van der Waals surface area contributed by atoms with Gasteiger partial charge >= 0.3 is 6.18 Å². The minimum atomic E-state index is -4.47. The van der Waals surface area contributed by atoms with Crippen LogP contribution in [-0.2, 0) is 11.0 Å². The van der Waals surface area contributed by atoms with Crippen molar-refractivity contribution in [2.24, 2.45) is 0 Å². The number of carbonyl (C=O) groups is 1. The highest BCUT2D eigenvalue weighted by atomic mass is 19.4. The van der Waals surface area contributed by atoms with Gasteiger partial charge in [0, 0.05) is 25.2 Å². The normalized spacial score (nSPS) is 18.9. The second kappa shape index (κ2) is 5.83. The van der Waals surface area contributed by atoms with Crippen molar-refractivity contribution in [2.75, 3.05) is 18.9 Å². The molecule has 1 aliphatic rings. The lowest BCUT2D eigenvalue weighted by Crippen LogP contribution is -2.37. The smallest absolute Gasteiger partial charge is 0.416 e. The van der Waals surface area contributed by atoms with Gasteiger partial charge in [0.15, 0.2) is 0 Å². The third-order valence-corrected chi connectivity index (χ3v) is 3.48. The highest BCUT2D eigenvalue weighted by Gasteiger charge is 2.32. The molecule has 1 amide bonds. The van der Waals surface area contributed by atoms with Crippen molar-refractivity contribution in [3.63, 3.8) is 0 Å². The minimum Gasteiger partial charge on any atom is -0.491 e. The Morgan fingerprint density at radius 2 is 2.14 bits per heavy atom. The highest BCUT2D eigenvalue weighted by Crippen LogP contribution is 2.33. The zero-order valence-corrected chi connectivity index (χ0v) is 11.6. The molecule has 0 radical (unpaired) electrons. The van der Waals surface area contributed by atoms with Crippen molar-refractivity contribution >= 4 is 11.6 Å². The van der Waals surface area contributed by atoms with Gasteiger partial charge in [-0.1, -0.05) is 0 Å². The summed E-state index contributed by atoms with van der Waals surface area (Å²) in [6, 6.07) is 3.04. The molecule has 0 bridgehead atoms. The molecule has 1 unspecified atom stereocenters. The van der Waals surface area contributed by atoms with E-state index >= 15 is 0 Å². The summed E-state index contributed by atoms with van der Waals surface area (Å²) < 4.78 is 43.5. The summed E-state index contributed by atoms with van der Waals surface area (Å²) >= 11 is 0. The zero-order chi connectivity index (χ0) is 15.6. The first-order valence-electron chi connectivity index (χ1n) is 6.65. The van der Waals surface area contributed by atoms with Crippen molar-refractivity contribution in [1.82, 2.24) is 4.90 Å². The summed E-state index contributed by atoms with van der Waals surface area (Å²) in [5, 5.41) is 0. The van der Waals surface area contributed by atoms with Crippen LogP contribution in [0.2, 0.25) is 0 Å². The molecule has 1 fully saturated rings. The van der Waals surface area contributed by atoms with Crippen LogP contribution in [0.5, 0.6) is 5.75 Å². The number of alkyl halides is 3. The Morgan fingerprint density at radius 1 is 1.43 bits per heavy atom. The van der Waals surface area contributed by atoms with Crippen LogP contribution in [0.15, 0.2) is 18.2 Å². The Balaban J connectivity index is 2.06. The quantitative estimate of drug-likeness (QED) is 0.873. The fraction of sp³-hybridized carbons (Fsp3) is 0.500. The van der Waals surface area contributed by atoms with Gasteiger partial charge in [-0.2, -0.15) is 13.2 Å². The van der Waals surface area contributed by atoms with Gasteiger partial charge in [0.05, 0.1) is 11.6 Å². The van der Waals surface area contributed by atoms with Gasteiger partial charge in [-0.05, 0) is 25.0 Å². The van der Waals surface area contributed by atoms with E-state index in [0.29, 0.717) is 6.54 Å². The maximum atomic E-state index is 12.7. The van der Waals surface area contributed by atoms with Crippen LogP contribution in [0.25, 0.3) is 0 Å². The number of anilines is 1. The summed E-state index contributed by atoms with van der Waals surface area (Å²) in [5.74, 6) is 0.0161. The number of likely N-dealkylation sites (tertiary alicyclic amines) is 1. The minimum absolute atomic E-state index is 0.00493. The topological polar surface area (TPSA) is 55.6 Å². The zero-order valence-electron chi connectivity index (χ0n) is 11.6. The molecule has 0 aromatic heterocycles. The molecule has 0 saturated carbocycles. The molecular weight excluding hydrogens is 285 g/mol. The Bertz CT molecular complexity index is 531. The van der Waals surface area contributed by atoms with Gasteiger partial charge in [0.25, 0.3) is 0 Å². The summed E-state index contributed by atoms with van der Waals surface area (Å²) in [7, 11) is 0. The lowest BCUT2D eigenvalue weighted by Gasteiger charge is -2.23. The molecular formula is C14H17F3N2O2. The molecule has 1 saturated heterocycles. The first kappa shape index (κ1) is 15.5. The number of nitrogen functional groups attached to an aromatic ring is 1. The monoisotopic (exact) mass is 302 g/mol. The van der Waals surface area contributed by atoms with Crippen molar-refractivity contribution in [3.8, 4) is 5.75 Å². The number of rotatable bonds is 3. The molecule has 7 heteroatoms. The van der Waals surface area contributed by atoms with E-state index in [0.717, 1.165) is 25.0 Å². The van der Waals surface area contributed by atoms with E-state index in [-0.39, 0.29) is 30.0 Å². The van der Waals surface area contributed by atoms with E-state index in [9.17, 15) is 18.0 Å². The molecule has 1 aromatic carbocycles. The van der Waals surface area contributed by atoms with Crippen LogP contribution < -0.4 is 10.5 Å². The number of hydrogen-bond donors (Lipinski definition) is 1. The second-order valence-corrected chi connectivity index (χ2v) is 5.11. The average Bonchev–Trinajstić information content (AvgIpc) is 2.83. The molecule has 1 aromatic rings. The first-order valence-corrected chi connectivity index (χ1v) is 6.65. The summed E-state index contributed by atoms with van der Waals surface area (Å²) in [6.07, 6.45) is -2.81. The molecule has 2 N–H and O–H groups in total. The average molecular weight is 302 g/mol. The molecule has 4 nitrogen and oxygen atoms in total. The van der Waals surface area contributed by atoms with E-state index in [4.69, 9.17) is 10.5 Å². The SMILES string of the molecule is CC(=O)N1CCCC1COc1cc(N)cc(C(F)(F)F)c1. The summed E-state index contributed by atoms with van der Waals surface area (Å²) in [4.78, 5) is 13.1. The van der Waals surface area contributed by atoms with Crippen LogP contribution >= 0.6 is 0 Å². The molecule has 116 valence electrons. The van der Waals surface area contributed by atoms with Gasteiger partial charge in [-0.15, -0.1) is 0 Å². The molecule has 21 heavy (non-hydrogen) atoms. The number of benzene rings is 1. The fourth-order valence-electron chi connectivity index (χ4n) is 2.49. The number of amides is 1. The van der Waals surface area contributed by atoms with Gasteiger partial charge in [0.1, 0.15) is 12.4 Å². The number of hydrogen-bond acceptors (Lipinski definition) is 3. The lowest BCUT2D eigenvalue weighted by molar-refractivity contribution is -0.137. The number of nitrogens with two attached hydrogens (primary N) is 1. The third-order valence-electron chi connectivity index (χ3n) is 3.48. The van der Waals surface area contributed by atoms with E-state index in [1.807, 2.05) is 0 Å². The van der Waals surface area contributed by atoms with Crippen molar-refractivity contribution in [2.45, 2.75) is 32.0 Å². The van der Waals surface area contributed by atoms with Crippen LogP contribution in [0, 0.1) is 0 Å². The third kappa shape index (κ3) is 3.80. The Hall–Kier alpha value is -1.92. The van der Waals surface area contributed by atoms with E-state index in [2.05, 4.69) is 0 Å².